The van der Waals surface area contributed by atoms with E-state index >= 15 is 0 Å². The second-order valence-electron chi connectivity index (χ2n) is 6.76. The molecule has 2 aromatic carbocycles. The molecule has 1 aromatic heterocycles. The smallest absolute Gasteiger partial charge is 0.267 e. The molecule has 1 amide bonds. The lowest BCUT2D eigenvalue weighted by Gasteiger charge is -2.26. The zero-order valence-corrected chi connectivity index (χ0v) is 16.1. The highest BCUT2D eigenvalue weighted by Crippen LogP contribution is 2.25. The topological polar surface area (TPSA) is 64.0 Å². The first kappa shape index (κ1) is 18.9. The molecule has 3 rings (SSSR count). The Hall–Kier alpha value is -2.92. The van der Waals surface area contributed by atoms with Crippen LogP contribution in [0.5, 0.6) is 0 Å². The van der Waals surface area contributed by atoms with E-state index < -0.39 is 5.54 Å². The van der Waals surface area contributed by atoms with Gasteiger partial charge in [-0.25, -0.2) is 4.68 Å². The van der Waals surface area contributed by atoms with Gasteiger partial charge in [0.05, 0.1) is 5.69 Å². The van der Waals surface area contributed by atoms with Crippen LogP contribution in [0.25, 0.3) is 11.3 Å². The van der Waals surface area contributed by atoms with Crippen molar-refractivity contribution in [2.75, 3.05) is 5.32 Å². The van der Waals surface area contributed by atoms with E-state index in [9.17, 15) is 9.59 Å². The maximum absolute atomic E-state index is 12.9. The SMILES string of the molecule is Cc1c(Cl)cccc1NC(=O)C(C)(C)n1nc(-c2ccccc2)ccc1=O. The number of hydrogen-bond acceptors (Lipinski definition) is 3. The predicted octanol–water partition coefficient (Wildman–Crippen LogP) is 4.25. The first-order valence-electron chi connectivity index (χ1n) is 8.53. The molecule has 0 radical (unpaired) electrons. The number of amides is 1. The Balaban J connectivity index is 1.97. The van der Waals surface area contributed by atoms with Crippen molar-refractivity contribution in [2.45, 2.75) is 26.3 Å². The fourth-order valence-electron chi connectivity index (χ4n) is 2.69. The Labute approximate surface area is 162 Å². The van der Waals surface area contributed by atoms with Gasteiger partial charge in [0.25, 0.3) is 11.5 Å². The Morgan fingerprint density at radius 2 is 1.74 bits per heavy atom. The molecule has 0 saturated carbocycles. The number of nitrogens with one attached hydrogen (secondary N) is 1. The molecule has 0 unspecified atom stereocenters. The van der Waals surface area contributed by atoms with Crippen LogP contribution in [0.15, 0.2) is 65.5 Å². The van der Waals surface area contributed by atoms with Gasteiger partial charge in [0, 0.05) is 22.3 Å². The summed E-state index contributed by atoms with van der Waals surface area (Å²) in [5.41, 5.74) is 1.31. The van der Waals surface area contributed by atoms with Crippen molar-refractivity contribution in [3.63, 3.8) is 0 Å². The van der Waals surface area contributed by atoms with Crippen LogP contribution in [0.1, 0.15) is 19.4 Å². The molecule has 6 heteroatoms. The quantitative estimate of drug-likeness (QED) is 0.734. The summed E-state index contributed by atoms with van der Waals surface area (Å²) in [7, 11) is 0. The maximum Gasteiger partial charge on any atom is 0.267 e. The van der Waals surface area contributed by atoms with Crippen LogP contribution in [-0.2, 0) is 10.3 Å². The molecular weight excluding hydrogens is 362 g/mol. The van der Waals surface area contributed by atoms with Gasteiger partial charge in [-0.15, -0.1) is 0 Å². The van der Waals surface area contributed by atoms with Crippen molar-refractivity contribution in [3.05, 3.63) is 81.6 Å². The van der Waals surface area contributed by atoms with Gasteiger partial charge in [0.15, 0.2) is 0 Å². The number of benzene rings is 2. The standard InChI is InChI=1S/C21H20ClN3O2/c1-14-16(22)10-7-11-17(14)23-20(27)21(2,3)25-19(26)13-12-18(24-25)15-8-5-4-6-9-15/h4-13H,1-3H3,(H,23,27). The van der Waals surface area contributed by atoms with Crippen LogP contribution >= 0.6 is 11.6 Å². The molecule has 0 bridgehead atoms. The molecule has 0 aliphatic rings. The summed E-state index contributed by atoms with van der Waals surface area (Å²) in [6.07, 6.45) is 0. The minimum Gasteiger partial charge on any atom is -0.324 e. The van der Waals surface area contributed by atoms with E-state index in [0.717, 1.165) is 11.1 Å². The molecule has 0 atom stereocenters. The summed E-state index contributed by atoms with van der Waals surface area (Å²) in [4.78, 5) is 25.4. The molecule has 5 nitrogen and oxygen atoms in total. The van der Waals surface area contributed by atoms with Crippen LogP contribution in [0.4, 0.5) is 5.69 Å². The van der Waals surface area contributed by atoms with Gasteiger partial charge in [0.1, 0.15) is 5.54 Å². The van der Waals surface area contributed by atoms with E-state index in [2.05, 4.69) is 10.4 Å². The van der Waals surface area contributed by atoms with E-state index in [1.807, 2.05) is 37.3 Å². The van der Waals surface area contributed by atoms with Crippen molar-refractivity contribution in [1.29, 1.82) is 0 Å². The summed E-state index contributed by atoms with van der Waals surface area (Å²) in [5.74, 6) is -0.354. The van der Waals surface area contributed by atoms with Crippen LogP contribution in [0.2, 0.25) is 5.02 Å². The lowest BCUT2D eigenvalue weighted by atomic mass is 10.0. The predicted molar refractivity (Wildman–Crippen MR) is 108 cm³/mol. The number of rotatable bonds is 4. The highest BCUT2D eigenvalue weighted by Gasteiger charge is 2.32. The van der Waals surface area contributed by atoms with Crippen molar-refractivity contribution in [3.8, 4) is 11.3 Å². The van der Waals surface area contributed by atoms with Gasteiger partial charge in [-0.3, -0.25) is 9.59 Å². The summed E-state index contributed by atoms with van der Waals surface area (Å²) >= 11 is 6.12. The molecule has 138 valence electrons. The average molecular weight is 382 g/mol. The maximum atomic E-state index is 12.9. The highest BCUT2D eigenvalue weighted by molar-refractivity contribution is 6.31. The number of nitrogens with zero attached hydrogens (tertiary/aromatic N) is 2. The normalized spacial score (nSPS) is 11.3. The lowest BCUT2D eigenvalue weighted by Crippen LogP contribution is -2.47. The molecule has 0 aliphatic carbocycles. The first-order chi connectivity index (χ1) is 12.8. The zero-order chi connectivity index (χ0) is 19.6. The largest absolute Gasteiger partial charge is 0.324 e. The monoisotopic (exact) mass is 381 g/mol. The van der Waals surface area contributed by atoms with E-state index in [4.69, 9.17) is 11.6 Å². The molecule has 0 aliphatic heterocycles. The Bertz CT molecular complexity index is 1040. The van der Waals surface area contributed by atoms with Crippen molar-refractivity contribution >= 4 is 23.2 Å². The fraction of sp³-hybridized carbons (Fsp3) is 0.190. The number of carbonyl (C=O) groups excluding carboxylic acids is 1. The van der Waals surface area contributed by atoms with Crippen LogP contribution in [0.3, 0.4) is 0 Å². The van der Waals surface area contributed by atoms with Gasteiger partial charge in [0.2, 0.25) is 0 Å². The number of halogens is 1. The molecule has 1 heterocycles. The highest BCUT2D eigenvalue weighted by atomic mass is 35.5. The van der Waals surface area contributed by atoms with Crippen LogP contribution in [-0.4, -0.2) is 15.7 Å². The van der Waals surface area contributed by atoms with Crippen molar-refractivity contribution in [2.24, 2.45) is 0 Å². The summed E-state index contributed by atoms with van der Waals surface area (Å²) in [5, 5.41) is 7.85. The van der Waals surface area contributed by atoms with E-state index in [-0.39, 0.29) is 11.5 Å². The van der Waals surface area contributed by atoms with Crippen molar-refractivity contribution < 1.29 is 4.79 Å². The number of carbonyl (C=O) groups is 1. The first-order valence-corrected chi connectivity index (χ1v) is 8.91. The number of hydrogen-bond donors (Lipinski definition) is 1. The third-order valence-corrected chi connectivity index (χ3v) is 4.88. The molecule has 3 aromatic rings. The second kappa shape index (κ2) is 7.37. The molecular formula is C21H20ClN3O2. The van der Waals surface area contributed by atoms with Gasteiger partial charge in [-0.2, -0.15) is 5.10 Å². The van der Waals surface area contributed by atoms with E-state index in [1.54, 1.807) is 38.1 Å². The second-order valence-corrected chi connectivity index (χ2v) is 7.17. The zero-order valence-electron chi connectivity index (χ0n) is 15.4. The van der Waals surface area contributed by atoms with Gasteiger partial charge in [-0.1, -0.05) is 48.0 Å². The molecule has 0 saturated heterocycles. The third-order valence-electron chi connectivity index (χ3n) is 4.47. The third kappa shape index (κ3) is 3.78. The van der Waals surface area contributed by atoms with E-state index in [1.165, 1.54) is 10.7 Å². The Morgan fingerprint density at radius 3 is 2.44 bits per heavy atom. The van der Waals surface area contributed by atoms with Crippen LogP contribution in [0, 0.1) is 6.92 Å². The van der Waals surface area contributed by atoms with E-state index in [0.29, 0.717) is 16.4 Å². The molecule has 1 N–H and O–H groups in total. The fourth-order valence-corrected chi connectivity index (χ4v) is 2.86. The molecule has 0 spiro atoms. The summed E-state index contributed by atoms with van der Waals surface area (Å²) in [6.45, 7) is 5.14. The molecule has 0 fully saturated rings. The van der Waals surface area contributed by atoms with Crippen molar-refractivity contribution in [1.82, 2.24) is 9.78 Å². The number of anilines is 1. The van der Waals surface area contributed by atoms with Gasteiger partial charge >= 0.3 is 0 Å². The minimum atomic E-state index is -1.20. The summed E-state index contributed by atoms with van der Waals surface area (Å²) < 4.78 is 1.21. The van der Waals surface area contributed by atoms with Gasteiger partial charge < -0.3 is 5.32 Å². The van der Waals surface area contributed by atoms with Gasteiger partial charge in [-0.05, 0) is 44.5 Å². The number of aromatic nitrogens is 2. The average Bonchev–Trinajstić information content (AvgIpc) is 2.66. The lowest BCUT2D eigenvalue weighted by molar-refractivity contribution is -0.123. The Morgan fingerprint density at radius 1 is 1.04 bits per heavy atom. The Kier molecular flexibility index (Phi) is 5.15. The molecule has 27 heavy (non-hydrogen) atoms. The minimum absolute atomic E-state index is 0.349. The van der Waals surface area contributed by atoms with Crippen LogP contribution < -0.4 is 10.9 Å². The summed E-state index contributed by atoms with van der Waals surface area (Å²) in [6, 6.07) is 17.9.